The van der Waals surface area contributed by atoms with Gasteiger partial charge in [-0.3, -0.25) is 9.73 Å². The Hall–Kier alpha value is -1.77. The predicted octanol–water partition coefficient (Wildman–Crippen LogP) is 4.88. The fourth-order valence-corrected chi connectivity index (χ4v) is 3.39. The summed E-state index contributed by atoms with van der Waals surface area (Å²) in [5.74, 6) is 0. The molecule has 0 aliphatic carbocycles. The summed E-state index contributed by atoms with van der Waals surface area (Å²) < 4.78 is 62.9. The molecule has 0 fully saturated rings. The molecule has 154 valence electrons. The van der Waals surface area contributed by atoms with Crippen LogP contribution in [-0.2, 0) is 10.0 Å². The zero-order valence-electron chi connectivity index (χ0n) is 16.4. The second-order valence-electron chi connectivity index (χ2n) is 6.39. The van der Waals surface area contributed by atoms with E-state index in [2.05, 4.69) is 18.9 Å². The lowest BCUT2D eigenvalue weighted by Crippen LogP contribution is -2.32. The van der Waals surface area contributed by atoms with E-state index >= 15 is 0 Å². The number of anilines is 1. The summed E-state index contributed by atoms with van der Waals surface area (Å²) in [4.78, 5) is 0. The van der Waals surface area contributed by atoms with Gasteiger partial charge in [-0.15, -0.1) is 0 Å². The van der Waals surface area contributed by atoms with Crippen molar-refractivity contribution in [3.63, 3.8) is 0 Å². The van der Waals surface area contributed by atoms with Crippen LogP contribution in [0.3, 0.4) is 0 Å². The molecular weight excluding hydrogens is 379 g/mol. The van der Waals surface area contributed by atoms with Gasteiger partial charge < -0.3 is 0 Å². The van der Waals surface area contributed by atoms with E-state index in [0.29, 0.717) is 17.8 Å². The van der Waals surface area contributed by atoms with Crippen LogP contribution in [0.4, 0.5) is 18.9 Å². The number of nitrogens with zero attached hydrogens (tertiary/aromatic N) is 2. The van der Waals surface area contributed by atoms with Crippen molar-refractivity contribution in [3.8, 4) is 0 Å². The van der Waals surface area contributed by atoms with Gasteiger partial charge in [0.1, 0.15) is 0 Å². The van der Waals surface area contributed by atoms with Crippen molar-refractivity contribution >= 4 is 21.4 Å². The molecule has 1 unspecified atom stereocenters. The maximum Gasteiger partial charge on any atom is 0.516 e. The van der Waals surface area contributed by atoms with Crippen LogP contribution in [-0.4, -0.2) is 37.2 Å². The van der Waals surface area contributed by atoms with Crippen LogP contribution in [0.2, 0.25) is 0 Å². The summed E-state index contributed by atoms with van der Waals surface area (Å²) in [7, 11) is -5.50. The summed E-state index contributed by atoms with van der Waals surface area (Å²) in [5.41, 5.74) is -3.95. The minimum absolute atomic E-state index is 0.140. The second kappa shape index (κ2) is 9.43. The molecule has 0 heterocycles. The zero-order chi connectivity index (χ0) is 20.8. The molecule has 1 atom stereocenters. The standard InChI is InChI=1S/C18H28F3N3O2S/c1-6-9-15(7-2)24(8-3)22-14(5)16-12-13(4)10-11-17(16)23-27(25,26)18(19,20)21/h10-12,15,23H,6-9H2,1-5H3/b22-14+. The van der Waals surface area contributed by atoms with E-state index in [1.54, 1.807) is 30.7 Å². The third-order valence-electron chi connectivity index (χ3n) is 4.23. The fraction of sp³-hybridized carbons (Fsp3) is 0.611. The minimum atomic E-state index is -5.50. The van der Waals surface area contributed by atoms with E-state index in [1.165, 1.54) is 6.07 Å². The highest BCUT2D eigenvalue weighted by Crippen LogP contribution is 2.28. The molecule has 0 aliphatic rings. The van der Waals surface area contributed by atoms with Gasteiger partial charge in [0.05, 0.1) is 11.4 Å². The number of hydrogen-bond acceptors (Lipinski definition) is 4. The van der Waals surface area contributed by atoms with Crippen molar-refractivity contribution in [1.29, 1.82) is 0 Å². The predicted molar refractivity (Wildman–Crippen MR) is 103 cm³/mol. The normalized spacial score (nSPS) is 14.1. The van der Waals surface area contributed by atoms with E-state index < -0.39 is 15.5 Å². The topological polar surface area (TPSA) is 61.8 Å². The molecule has 5 nitrogen and oxygen atoms in total. The van der Waals surface area contributed by atoms with Crippen LogP contribution in [0.15, 0.2) is 23.3 Å². The van der Waals surface area contributed by atoms with Crippen LogP contribution < -0.4 is 4.72 Å². The number of rotatable bonds is 9. The minimum Gasteiger partial charge on any atom is -0.294 e. The van der Waals surface area contributed by atoms with Crippen molar-refractivity contribution in [2.75, 3.05) is 11.3 Å². The molecule has 1 N–H and O–H groups in total. The van der Waals surface area contributed by atoms with E-state index in [0.717, 1.165) is 24.8 Å². The average Bonchev–Trinajstić information content (AvgIpc) is 2.58. The highest BCUT2D eigenvalue weighted by molar-refractivity contribution is 7.93. The zero-order valence-corrected chi connectivity index (χ0v) is 17.2. The highest BCUT2D eigenvalue weighted by Gasteiger charge is 2.46. The molecule has 0 aliphatic heterocycles. The molecule has 0 bridgehead atoms. The van der Waals surface area contributed by atoms with Gasteiger partial charge in [0.15, 0.2) is 0 Å². The molecule has 1 aromatic carbocycles. The Morgan fingerprint density at radius 3 is 2.37 bits per heavy atom. The largest absolute Gasteiger partial charge is 0.516 e. The lowest BCUT2D eigenvalue weighted by atomic mass is 10.1. The molecule has 9 heteroatoms. The Morgan fingerprint density at radius 2 is 1.89 bits per heavy atom. The van der Waals surface area contributed by atoms with Gasteiger partial charge in [0.2, 0.25) is 0 Å². The van der Waals surface area contributed by atoms with Crippen molar-refractivity contribution in [1.82, 2.24) is 5.01 Å². The maximum absolute atomic E-state index is 12.7. The Labute approximate surface area is 159 Å². The lowest BCUT2D eigenvalue weighted by molar-refractivity contribution is -0.0429. The van der Waals surface area contributed by atoms with Crippen molar-refractivity contribution < 1.29 is 21.6 Å². The summed E-state index contributed by atoms with van der Waals surface area (Å²) in [6.45, 7) is 10.2. The van der Waals surface area contributed by atoms with Gasteiger partial charge in [0, 0.05) is 18.2 Å². The number of halogens is 3. The maximum atomic E-state index is 12.7. The number of alkyl halides is 3. The number of benzene rings is 1. The first-order chi connectivity index (χ1) is 12.5. The van der Waals surface area contributed by atoms with Crippen molar-refractivity contribution in [2.45, 2.75) is 65.4 Å². The van der Waals surface area contributed by atoms with Gasteiger partial charge in [-0.25, -0.2) is 0 Å². The average molecular weight is 408 g/mol. The SMILES string of the molecule is CCCC(CC)N(CC)/N=C(\C)c1cc(C)ccc1NS(=O)(=O)C(F)(F)F. The molecule has 1 rings (SSSR count). The van der Waals surface area contributed by atoms with E-state index in [4.69, 9.17) is 0 Å². The Bertz CT molecular complexity index is 762. The number of aryl methyl sites for hydroxylation is 1. The Balaban J connectivity index is 3.33. The summed E-state index contributed by atoms with van der Waals surface area (Å²) in [6, 6.07) is 4.72. The van der Waals surface area contributed by atoms with E-state index in [1.807, 2.05) is 11.9 Å². The first kappa shape index (κ1) is 23.3. The fourth-order valence-electron chi connectivity index (χ4n) is 2.80. The van der Waals surface area contributed by atoms with Crippen LogP contribution in [0, 0.1) is 6.92 Å². The molecule has 1 aromatic rings. The third-order valence-corrected chi connectivity index (χ3v) is 5.33. The first-order valence-corrected chi connectivity index (χ1v) is 10.5. The van der Waals surface area contributed by atoms with Gasteiger partial charge in [-0.1, -0.05) is 31.9 Å². The molecule has 0 amide bonds. The molecule has 0 aromatic heterocycles. The van der Waals surface area contributed by atoms with Crippen LogP contribution >= 0.6 is 0 Å². The summed E-state index contributed by atoms with van der Waals surface area (Å²) in [6.07, 6.45) is 2.83. The highest BCUT2D eigenvalue weighted by atomic mass is 32.2. The van der Waals surface area contributed by atoms with E-state index in [-0.39, 0.29) is 11.7 Å². The van der Waals surface area contributed by atoms with Crippen LogP contribution in [0.5, 0.6) is 0 Å². The smallest absolute Gasteiger partial charge is 0.294 e. The van der Waals surface area contributed by atoms with Crippen LogP contribution in [0.1, 0.15) is 58.1 Å². The van der Waals surface area contributed by atoms with Gasteiger partial charge >= 0.3 is 15.5 Å². The number of sulfonamides is 1. The van der Waals surface area contributed by atoms with Crippen LogP contribution in [0.25, 0.3) is 0 Å². The monoisotopic (exact) mass is 407 g/mol. The lowest BCUT2D eigenvalue weighted by Gasteiger charge is -2.28. The number of hydrazone groups is 1. The Morgan fingerprint density at radius 1 is 1.26 bits per heavy atom. The molecule has 0 saturated carbocycles. The first-order valence-electron chi connectivity index (χ1n) is 8.98. The number of nitrogens with one attached hydrogen (secondary N) is 1. The molecule has 0 radical (unpaired) electrons. The van der Waals surface area contributed by atoms with E-state index in [9.17, 15) is 21.6 Å². The molecule has 27 heavy (non-hydrogen) atoms. The summed E-state index contributed by atoms with van der Waals surface area (Å²) >= 11 is 0. The molecule has 0 spiro atoms. The third kappa shape index (κ3) is 6.12. The molecule has 0 saturated heterocycles. The molecular formula is C18H28F3N3O2S. The van der Waals surface area contributed by atoms with Gasteiger partial charge in [-0.2, -0.15) is 26.7 Å². The van der Waals surface area contributed by atoms with Crippen molar-refractivity contribution in [2.24, 2.45) is 5.10 Å². The second-order valence-corrected chi connectivity index (χ2v) is 8.07. The quantitative estimate of drug-likeness (QED) is 0.469. The van der Waals surface area contributed by atoms with Gasteiger partial charge in [0.25, 0.3) is 0 Å². The number of hydrogen-bond donors (Lipinski definition) is 1. The summed E-state index contributed by atoms with van der Waals surface area (Å²) in [5, 5.41) is 6.49. The van der Waals surface area contributed by atoms with Gasteiger partial charge in [-0.05, 0) is 45.7 Å². The van der Waals surface area contributed by atoms with Crippen molar-refractivity contribution in [3.05, 3.63) is 29.3 Å². The Kier molecular flexibility index (Phi) is 8.13.